The largest absolute Gasteiger partial charge is 0.311 e. The molecule has 0 saturated heterocycles. The van der Waals surface area contributed by atoms with Crippen molar-refractivity contribution in [1.29, 1.82) is 0 Å². The summed E-state index contributed by atoms with van der Waals surface area (Å²) in [6, 6.07) is 2.05. The molecule has 0 atom stereocenters. The van der Waals surface area contributed by atoms with Gasteiger partial charge in [-0.2, -0.15) is 0 Å². The van der Waals surface area contributed by atoms with Gasteiger partial charge in [-0.15, -0.1) is 11.3 Å². The Labute approximate surface area is 101 Å². The van der Waals surface area contributed by atoms with Gasteiger partial charge >= 0.3 is 0 Å². The minimum absolute atomic E-state index is 0.598. The van der Waals surface area contributed by atoms with Crippen LogP contribution in [0.15, 0.2) is 11.4 Å². The molecule has 1 aromatic rings. The van der Waals surface area contributed by atoms with Crippen LogP contribution in [0, 0.1) is 11.3 Å². The van der Waals surface area contributed by atoms with E-state index in [-0.39, 0.29) is 0 Å². The molecule has 0 bridgehead atoms. The second-order valence-electron chi connectivity index (χ2n) is 4.85. The Morgan fingerprint density at radius 3 is 2.73 bits per heavy atom. The molecule has 0 amide bonds. The van der Waals surface area contributed by atoms with E-state index in [1.54, 1.807) is 11.3 Å². The molecule has 0 aromatic carbocycles. The molecule has 15 heavy (non-hydrogen) atoms. The summed E-state index contributed by atoms with van der Waals surface area (Å²) in [5.74, 6) is 0.803. The molecule has 0 aliphatic heterocycles. The summed E-state index contributed by atoms with van der Waals surface area (Å²) < 4.78 is 0. The summed E-state index contributed by atoms with van der Waals surface area (Å²) >= 11 is 7.61. The first-order valence-electron chi connectivity index (χ1n) is 5.56. The number of hydrogen-bond acceptors (Lipinski definition) is 2. The Kier molecular flexibility index (Phi) is 3.39. The highest BCUT2D eigenvalue weighted by Crippen LogP contribution is 2.51. The minimum atomic E-state index is 0.598. The fourth-order valence-electron chi connectivity index (χ4n) is 2.00. The number of rotatable bonds is 5. The molecule has 84 valence electrons. The van der Waals surface area contributed by atoms with Crippen molar-refractivity contribution in [2.24, 2.45) is 11.3 Å². The number of halogens is 1. The summed E-state index contributed by atoms with van der Waals surface area (Å²) in [4.78, 5) is 1.33. The van der Waals surface area contributed by atoms with Gasteiger partial charge in [0.05, 0.1) is 5.02 Å². The highest BCUT2D eigenvalue weighted by molar-refractivity contribution is 7.10. The van der Waals surface area contributed by atoms with E-state index in [1.165, 1.54) is 17.7 Å². The van der Waals surface area contributed by atoms with Crippen molar-refractivity contribution in [3.63, 3.8) is 0 Å². The Hall–Kier alpha value is -0.0500. The lowest BCUT2D eigenvalue weighted by molar-refractivity contribution is 0.338. The van der Waals surface area contributed by atoms with Gasteiger partial charge in [0.1, 0.15) is 0 Å². The molecule has 0 radical (unpaired) electrons. The van der Waals surface area contributed by atoms with Gasteiger partial charge in [-0.1, -0.05) is 25.4 Å². The van der Waals surface area contributed by atoms with Crippen LogP contribution in [0.4, 0.5) is 0 Å². The van der Waals surface area contributed by atoms with Crippen molar-refractivity contribution in [1.82, 2.24) is 5.32 Å². The monoisotopic (exact) mass is 243 g/mol. The van der Waals surface area contributed by atoms with Gasteiger partial charge in [-0.25, -0.2) is 0 Å². The van der Waals surface area contributed by atoms with E-state index in [0.717, 1.165) is 24.0 Å². The molecular formula is C12H18ClNS. The summed E-state index contributed by atoms with van der Waals surface area (Å²) in [5, 5.41) is 6.41. The highest BCUT2D eigenvalue weighted by atomic mass is 35.5. The van der Waals surface area contributed by atoms with Gasteiger partial charge in [0.15, 0.2) is 0 Å². The van der Waals surface area contributed by atoms with E-state index in [0.29, 0.717) is 5.41 Å². The number of nitrogens with one attached hydrogen (secondary N) is 1. The first kappa shape index (κ1) is 11.4. The van der Waals surface area contributed by atoms with Crippen molar-refractivity contribution >= 4 is 22.9 Å². The Bertz CT molecular complexity index is 328. The number of thiophene rings is 1. The van der Waals surface area contributed by atoms with Crippen LogP contribution in [0.1, 0.15) is 31.6 Å². The van der Waals surface area contributed by atoms with Crippen LogP contribution in [0.25, 0.3) is 0 Å². The van der Waals surface area contributed by atoms with Crippen LogP contribution in [-0.4, -0.2) is 6.54 Å². The molecule has 1 nitrogen and oxygen atoms in total. The van der Waals surface area contributed by atoms with Gasteiger partial charge in [0.25, 0.3) is 0 Å². The first-order chi connectivity index (χ1) is 7.12. The lowest BCUT2D eigenvalue weighted by Gasteiger charge is -2.19. The van der Waals surface area contributed by atoms with Crippen LogP contribution < -0.4 is 5.32 Å². The molecule has 1 N–H and O–H groups in total. The van der Waals surface area contributed by atoms with Crippen molar-refractivity contribution in [3.8, 4) is 0 Å². The lowest BCUT2D eigenvalue weighted by atomic mass is 9.92. The van der Waals surface area contributed by atoms with E-state index < -0.39 is 0 Å². The molecule has 1 aliphatic carbocycles. The van der Waals surface area contributed by atoms with Crippen LogP contribution in [0.5, 0.6) is 0 Å². The predicted octanol–water partition coefficient (Wildman–Crippen LogP) is 3.93. The van der Waals surface area contributed by atoms with Crippen molar-refractivity contribution < 1.29 is 0 Å². The quantitative estimate of drug-likeness (QED) is 0.827. The molecule has 0 spiro atoms. The van der Waals surface area contributed by atoms with E-state index in [1.807, 2.05) is 11.4 Å². The summed E-state index contributed by atoms with van der Waals surface area (Å²) in [7, 11) is 0. The molecule has 3 heteroatoms. The second-order valence-corrected chi connectivity index (χ2v) is 6.28. The molecule has 1 fully saturated rings. The van der Waals surface area contributed by atoms with Crippen LogP contribution in [0.3, 0.4) is 0 Å². The molecule has 1 saturated carbocycles. The fraction of sp³-hybridized carbons (Fsp3) is 0.667. The average molecular weight is 244 g/mol. The zero-order valence-electron chi connectivity index (χ0n) is 9.35. The standard InChI is InChI=1S/C12H18ClNS/c1-9(2)12(3-4-12)8-14-6-11-5-10(13)7-15-11/h5,7,9,14H,3-4,6,8H2,1-2H3. The van der Waals surface area contributed by atoms with E-state index in [4.69, 9.17) is 11.6 Å². The topological polar surface area (TPSA) is 12.0 Å². The Balaban J connectivity index is 1.76. The van der Waals surface area contributed by atoms with Gasteiger partial charge in [0.2, 0.25) is 0 Å². The van der Waals surface area contributed by atoms with Gasteiger partial charge in [0, 0.05) is 23.3 Å². The lowest BCUT2D eigenvalue weighted by Crippen LogP contribution is -2.26. The van der Waals surface area contributed by atoms with E-state index >= 15 is 0 Å². The predicted molar refractivity (Wildman–Crippen MR) is 67.5 cm³/mol. The Morgan fingerprint density at radius 1 is 1.53 bits per heavy atom. The van der Waals surface area contributed by atoms with Crippen LogP contribution >= 0.6 is 22.9 Å². The number of hydrogen-bond donors (Lipinski definition) is 1. The SMILES string of the molecule is CC(C)C1(CNCc2cc(Cl)cs2)CC1. The fourth-order valence-corrected chi connectivity index (χ4v) is 3.04. The van der Waals surface area contributed by atoms with Crippen LogP contribution in [0.2, 0.25) is 5.02 Å². The third-order valence-corrected chi connectivity index (χ3v) is 4.80. The van der Waals surface area contributed by atoms with Crippen molar-refractivity contribution in [2.45, 2.75) is 33.2 Å². The smallest absolute Gasteiger partial charge is 0.0516 e. The second kappa shape index (κ2) is 4.44. The summed E-state index contributed by atoms with van der Waals surface area (Å²) in [6.45, 7) is 6.78. The molecule has 1 aliphatic rings. The third kappa shape index (κ3) is 2.74. The maximum Gasteiger partial charge on any atom is 0.0516 e. The van der Waals surface area contributed by atoms with Gasteiger partial charge in [-0.3, -0.25) is 0 Å². The van der Waals surface area contributed by atoms with Crippen molar-refractivity contribution in [3.05, 3.63) is 21.3 Å². The summed E-state index contributed by atoms with van der Waals surface area (Å²) in [6.07, 6.45) is 2.78. The maximum atomic E-state index is 5.87. The molecule has 0 unspecified atom stereocenters. The van der Waals surface area contributed by atoms with E-state index in [2.05, 4.69) is 19.2 Å². The molecule has 1 aromatic heterocycles. The van der Waals surface area contributed by atoms with Crippen LogP contribution in [-0.2, 0) is 6.54 Å². The third-order valence-electron chi connectivity index (χ3n) is 3.52. The maximum absolute atomic E-state index is 5.87. The first-order valence-corrected chi connectivity index (χ1v) is 6.82. The molecule has 2 rings (SSSR count). The minimum Gasteiger partial charge on any atom is -0.311 e. The van der Waals surface area contributed by atoms with E-state index in [9.17, 15) is 0 Å². The zero-order valence-corrected chi connectivity index (χ0v) is 10.9. The molecule has 1 heterocycles. The Morgan fingerprint density at radius 2 is 2.27 bits per heavy atom. The highest BCUT2D eigenvalue weighted by Gasteiger charge is 2.44. The zero-order chi connectivity index (χ0) is 10.9. The van der Waals surface area contributed by atoms with Gasteiger partial charge in [-0.05, 0) is 30.2 Å². The van der Waals surface area contributed by atoms with Crippen molar-refractivity contribution in [2.75, 3.05) is 6.54 Å². The molecular weight excluding hydrogens is 226 g/mol. The average Bonchev–Trinajstić information content (AvgIpc) is 2.86. The summed E-state index contributed by atoms with van der Waals surface area (Å²) in [5.41, 5.74) is 0.598. The van der Waals surface area contributed by atoms with Gasteiger partial charge < -0.3 is 5.32 Å². The normalized spacial score (nSPS) is 18.4.